The van der Waals surface area contributed by atoms with Gasteiger partial charge in [0.25, 0.3) is 10.1 Å². The van der Waals surface area contributed by atoms with Crippen LogP contribution in [0, 0.1) is 60.2 Å². The summed E-state index contributed by atoms with van der Waals surface area (Å²) in [6.45, 7) is 47.4. The van der Waals surface area contributed by atoms with Gasteiger partial charge in [-0.2, -0.15) is 8.42 Å². The molecule has 2 heterocycles. The zero-order valence-electron chi connectivity index (χ0n) is 88.6. The van der Waals surface area contributed by atoms with Crippen molar-refractivity contribution in [1.29, 1.82) is 0 Å². The van der Waals surface area contributed by atoms with Crippen LogP contribution in [0.4, 0.5) is 0 Å². The maximum atomic E-state index is 12.5. The van der Waals surface area contributed by atoms with Crippen LogP contribution in [0.5, 0.6) is 0 Å². The molecule has 0 spiro atoms. The van der Waals surface area contributed by atoms with E-state index in [9.17, 15) is 42.3 Å². The van der Waals surface area contributed by atoms with Gasteiger partial charge in [-0.1, -0.05) is 245 Å². The molecule has 7 aliphatic rings. The van der Waals surface area contributed by atoms with E-state index >= 15 is 0 Å². The number of aryl methyl sites for hydroxylation is 1. The van der Waals surface area contributed by atoms with E-state index in [0.29, 0.717) is 55.5 Å². The number of likely N-dealkylation sites (N-methyl/N-ethyl adjacent to an activating group) is 1. The van der Waals surface area contributed by atoms with Crippen LogP contribution in [0.2, 0.25) is 0 Å². The first kappa shape index (κ1) is 132. The summed E-state index contributed by atoms with van der Waals surface area (Å²) in [6, 6.07) is 6.38. The number of nitrogens with zero attached hydrogens (tertiary/aromatic N) is 2. The quantitative estimate of drug-likeness (QED) is 0.0117. The van der Waals surface area contributed by atoms with Gasteiger partial charge in [-0.3, -0.25) is 33.3 Å². The number of aliphatic carboxylic acids is 1. The minimum absolute atomic E-state index is 0. The van der Waals surface area contributed by atoms with Crippen molar-refractivity contribution in [2.24, 2.45) is 64.7 Å². The number of rotatable bonds is 41. The molecule has 1 aromatic rings. The Morgan fingerprint density at radius 2 is 0.763 bits per heavy atom. The molecule has 25 heteroatoms. The predicted molar refractivity (Wildman–Crippen MR) is 544 cm³/mol. The third-order valence-corrected chi connectivity index (χ3v) is 25.2. The Morgan fingerprint density at radius 3 is 1.08 bits per heavy atom. The molecule has 5 saturated carbocycles. The van der Waals surface area contributed by atoms with E-state index in [0.717, 1.165) is 121 Å². The average Bonchev–Trinajstić information content (AvgIpc) is 0.867. The first-order valence-electron chi connectivity index (χ1n) is 52.0. The van der Waals surface area contributed by atoms with Crippen molar-refractivity contribution in [1.82, 2.24) is 20.4 Å². The monoisotopic (exact) mass is 1890 g/mol. The van der Waals surface area contributed by atoms with Crippen molar-refractivity contribution in [2.75, 3.05) is 92.9 Å². The number of nitrogens with two attached hydrogens (primary N) is 2. The Hall–Kier alpha value is -3.20. The maximum absolute atomic E-state index is 12.5. The van der Waals surface area contributed by atoms with Crippen LogP contribution in [0.25, 0.3) is 0 Å². The molecular weight excluding hydrogens is 1680 g/mol. The Kier molecular flexibility index (Phi) is 80.1. The SMILES string of the molecule is C1CCOC1.C1CCOC1.CC(C)(C)OC(=O)C[C@@H](CC1CCCCC1)C(=O)O.CCCCN.CCCCN(C)C[C@@H](CC(=O)OC(C)(C)C)CC1CCCCC1.CCCCN(C)C[C@@H](N)CC1CCCCC1.CCCCNC(=O)[C@@H](CC(=O)OC(C)(C)C)CC1CCCCC1.CCCCNC[C@@H](CC(=O)OC(C)(C)C)CC1CCCCC1.Cc1ccc(S(=O)(=O)O)cc1.[AlH3].[H-].[Li+]. The summed E-state index contributed by atoms with van der Waals surface area (Å²) in [7, 11) is 0.378. The summed E-state index contributed by atoms with van der Waals surface area (Å²) >= 11 is 0. The molecule has 766 valence electrons. The maximum Gasteiger partial charge on any atom is 1.00 e. The summed E-state index contributed by atoms with van der Waals surface area (Å²) in [6.07, 6.45) is 56.2. The zero-order chi connectivity index (χ0) is 97.0. The Labute approximate surface area is 827 Å². The molecule has 5 aliphatic carbocycles. The second kappa shape index (κ2) is 79.6. The normalized spacial score (nSPS) is 17.7. The van der Waals surface area contributed by atoms with Crippen molar-refractivity contribution in [3.8, 4) is 0 Å². The average molecular weight is 1890 g/mol. The van der Waals surface area contributed by atoms with E-state index in [1.165, 1.54) is 263 Å². The fourth-order valence-corrected chi connectivity index (χ4v) is 18.2. The van der Waals surface area contributed by atoms with Gasteiger partial charge in [0.15, 0.2) is 17.4 Å². The molecule has 5 atom stereocenters. The summed E-state index contributed by atoms with van der Waals surface area (Å²) < 4.78 is 61.1. The summed E-state index contributed by atoms with van der Waals surface area (Å²) in [5, 5.41) is 15.8. The van der Waals surface area contributed by atoms with Gasteiger partial charge in [0.1, 0.15) is 22.4 Å². The molecule has 0 radical (unpaired) electrons. The van der Waals surface area contributed by atoms with Crippen LogP contribution in [-0.4, -0.2) is 202 Å². The van der Waals surface area contributed by atoms with Crippen LogP contribution >= 0.6 is 0 Å². The summed E-state index contributed by atoms with van der Waals surface area (Å²) in [5.41, 5.74) is 10.5. The molecule has 0 bridgehead atoms. The Morgan fingerprint density at radius 1 is 0.450 bits per heavy atom. The van der Waals surface area contributed by atoms with Crippen molar-refractivity contribution >= 4 is 63.2 Å². The van der Waals surface area contributed by atoms with Gasteiger partial charge in [0.2, 0.25) is 5.91 Å². The molecule has 8 rings (SSSR count). The molecule has 0 aromatic heterocycles. The number of carboxylic acid groups (broad SMARTS) is 1. The number of unbranched alkanes of at least 4 members (excludes halogenated alkanes) is 5. The van der Waals surface area contributed by atoms with E-state index < -0.39 is 39.2 Å². The smallest absolute Gasteiger partial charge is 1.00 e. The predicted octanol–water partition coefficient (Wildman–Crippen LogP) is 19.9. The molecule has 2 aliphatic heterocycles. The molecule has 2 saturated heterocycles. The fraction of sp³-hybridized carbons (Fsp3) is 0.887. The number of carbonyl (C=O) groups is 6. The summed E-state index contributed by atoms with van der Waals surface area (Å²) in [4.78, 5) is 76.8. The molecular formula is C106H206AlLiN6O16S. The van der Waals surface area contributed by atoms with Gasteiger partial charge in [-0.05, 0) is 280 Å². The number of amides is 1. The fourth-order valence-electron chi connectivity index (χ4n) is 17.7. The van der Waals surface area contributed by atoms with Gasteiger partial charge in [0.05, 0.1) is 23.7 Å². The molecule has 0 unspecified atom stereocenters. The van der Waals surface area contributed by atoms with E-state index in [1.807, 2.05) is 69.2 Å². The largest absolute Gasteiger partial charge is 1.00 e. The second-order valence-electron chi connectivity index (χ2n) is 42.6. The number of carboxylic acids is 1. The molecule has 22 nitrogen and oxygen atoms in total. The minimum Gasteiger partial charge on any atom is -1.00 e. The molecule has 1 amide bonds. The number of ether oxygens (including phenoxy) is 6. The van der Waals surface area contributed by atoms with E-state index in [2.05, 4.69) is 69.1 Å². The van der Waals surface area contributed by atoms with E-state index in [1.54, 1.807) is 32.9 Å². The number of nitrogens with one attached hydrogen (secondary N) is 2. The van der Waals surface area contributed by atoms with Gasteiger partial charge in [-0.15, -0.1) is 0 Å². The molecule has 8 N–H and O–H groups in total. The van der Waals surface area contributed by atoms with Crippen LogP contribution < -0.4 is 41.0 Å². The van der Waals surface area contributed by atoms with E-state index in [4.69, 9.17) is 44.4 Å². The first-order valence-corrected chi connectivity index (χ1v) is 53.5. The van der Waals surface area contributed by atoms with Crippen LogP contribution in [0.1, 0.15) is 433 Å². The minimum atomic E-state index is -4.02. The van der Waals surface area contributed by atoms with Gasteiger partial charge in [0, 0.05) is 70.9 Å². The van der Waals surface area contributed by atoms with Gasteiger partial charge >= 0.3 is 48.7 Å². The Balaban J connectivity index is -0.000000723. The van der Waals surface area contributed by atoms with Crippen LogP contribution in [0.3, 0.4) is 0 Å². The molecule has 1 aromatic carbocycles. The van der Waals surface area contributed by atoms with Gasteiger partial charge in [-0.25, -0.2) is 0 Å². The topological polar surface area (TPSA) is 315 Å². The number of benzene rings is 1. The molecule has 131 heavy (non-hydrogen) atoms. The van der Waals surface area contributed by atoms with E-state index in [-0.39, 0.29) is 96.3 Å². The van der Waals surface area contributed by atoms with Gasteiger partial charge < -0.3 is 66.9 Å². The number of hydrogen-bond acceptors (Lipinski definition) is 19. The molecule has 7 fully saturated rings. The number of hydrogen-bond donors (Lipinski definition) is 6. The third kappa shape index (κ3) is 81.4. The second-order valence-corrected chi connectivity index (χ2v) is 44.0. The van der Waals surface area contributed by atoms with Crippen LogP contribution in [0.15, 0.2) is 29.2 Å². The Bertz CT molecular complexity index is 3020. The number of esters is 4. The third-order valence-electron chi connectivity index (χ3n) is 24.4. The van der Waals surface area contributed by atoms with Crippen LogP contribution in [-0.2, 0) is 67.3 Å². The van der Waals surface area contributed by atoms with Crippen molar-refractivity contribution in [3.05, 3.63) is 29.8 Å². The first-order chi connectivity index (χ1) is 60.9. The summed E-state index contributed by atoms with van der Waals surface area (Å²) in [5.74, 6) is 2.02. The van der Waals surface area contributed by atoms with Crippen molar-refractivity contribution < 1.29 is 95.6 Å². The number of carbonyl (C=O) groups excluding carboxylic acids is 5. The van der Waals surface area contributed by atoms with Crippen molar-refractivity contribution in [2.45, 2.75) is 466 Å². The van der Waals surface area contributed by atoms with Crippen molar-refractivity contribution in [3.63, 3.8) is 0 Å². The standard InChI is InChI=1S/C20H39NO2.C19H35NO3.C19H37NO2.C15H26O4.C14H30N2.C7H8O3S.C4H11N.2C4H8O.Al.Li.4H/c1-6-7-13-21(5)16-18(14-17-11-9-8-10-12-17)15-19(22)23-20(2,3)4;1-5-6-12-20-18(22)16(13-15-10-8-7-9-11-15)14-17(21)23-19(2,3)4;1-5-6-12-20-15-17(13-16-10-8-7-9-11-16)14-18(21)22-19(2,3)4;1-15(2,3)19-13(16)10-12(14(17)18)9-11-7-5-4-6-8-11;1-3-4-10-16(2)12-14(15)11-13-8-6-5-7-9-13;1-6-2-4-7(5-3-6)11(8,9)10;1-2-3-4-5;2*1-2-4-5-3-1;;;;;;/h17-18H,6-16H2,1-5H3;15-16H,5-14H2,1-4H3,(H,20,22);16-17,20H,5-15H2,1-4H3;11-12H,4-10H2,1-3H3,(H,17,18);13-14H,3-12,15H2,1-2H3;2-5H,1H3,(H,8,9,10);2-5H2,1H3;2*1-4H2;;;;;;/q;;;;;;;;;;+1;;;;-1/t18-;16-;17-;12-;14-;;;;;;;;;;/m11110........../s1. The zero-order valence-corrected chi connectivity index (χ0v) is 88.4.